The Morgan fingerprint density at radius 1 is 0.358 bits per heavy atom. The van der Waals surface area contributed by atoms with Gasteiger partial charge in [0.25, 0.3) is 0 Å². The second kappa shape index (κ2) is 12.2. The van der Waals surface area contributed by atoms with Crippen molar-refractivity contribution in [3.63, 3.8) is 0 Å². The molecular formula is C51H32SSe. The van der Waals surface area contributed by atoms with E-state index >= 15 is 0 Å². The molecule has 0 radical (unpaired) electrons. The van der Waals surface area contributed by atoms with Crippen molar-refractivity contribution in [3.8, 4) is 44.5 Å². The van der Waals surface area contributed by atoms with E-state index in [4.69, 9.17) is 0 Å². The number of rotatable bonds is 4. The third-order valence-corrected chi connectivity index (χ3v) is 14.3. The van der Waals surface area contributed by atoms with Gasteiger partial charge in [-0.3, -0.25) is 0 Å². The van der Waals surface area contributed by atoms with E-state index in [9.17, 15) is 0 Å². The predicted molar refractivity (Wildman–Crippen MR) is 233 cm³/mol. The number of fused-ring (bicyclic) bond motifs is 7. The van der Waals surface area contributed by atoms with Gasteiger partial charge in [-0.1, -0.05) is 0 Å². The summed E-state index contributed by atoms with van der Waals surface area (Å²) >= 11 is 2.01. The number of aryl methyl sites for hydroxylation is 1. The van der Waals surface area contributed by atoms with E-state index < -0.39 is 0 Å². The van der Waals surface area contributed by atoms with Crippen LogP contribution in [-0.2, 0) is 0 Å². The van der Waals surface area contributed by atoms with Gasteiger partial charge in [0.1, 0.15) is 0 Å². The maximum atomic E-state index is 2.51. The van der Waals surface area contributed by atoms with E-state index in [2.05, 4.69) is 181 Å². The number of hydrogen-bond acceptors (Lipinski definition) is 1. The van der Waals surface area contributed by atoms with Crippen molar-refractivity contribution in [1.29, 1.82) is 0 Å². The second-order valence-corrected chi connectivity index (χ2v) is 17.0. The Labute approximate surface area is 318 Å². The molecule has 2 heterocycles. The third kappa shape index (κ3) is 4.67. The Morgan fingerprint density at radius 2 is 0.849 bits per heavy atom. The van der Waals surface area contributed by atoms with Gasteiger partial charge in [-0.25, -0.2) is 0 Å². The summed E-state index contributed by atoms with van der Waals surface area (Å²) in [6.45, 7) is 2.24. The molecule has 0 saturated heterocycles. The molecule has 11 rings (SSSR count). The molecule has 9 aromatic carbocycles. The summed E-state index contributed by atoms with van der Waals surface area (Å²) in [6, 6.07) is 61.3. The fourth-order valence-corrected chi connectivity index (χ4v) is 12.0. The van der Waals surface area contributed by atoms with Gasteiger partial charge in [0.15, 0.2) is 0 Å². The minimum atomic E-state index is 0.222. The van der Waals surface area contributed by atoms with Crippen molar-refractivity contribution >= 4 is 88.2 Å². The molecular weight excluding hydrogens is 724 g/mol. The average molecular weight is 756 g/mol. The molecule has 2 heteroatoms. The fourth-order valence-electron chi connectivity index (χ4n) is 8.87. The first kappa shape index (κ1) is 30.8. The molecule has 11 aromatic rings. The van der Waals surface area contributed by atoms with E-state index in [1.54, 1.807) is 11.3 Å². The molecule has 0 saturated carbocycles. The van der Waals surface area contributed by atoms with Crippen molar-refractivity contribution in [2.75, 3.05) is 0 Å². The summed E-state index contributed by atoms with van der Waals surface area (Å²) < 4.78 is 2.92. The van der Waals surface area contributed by atoms with Crippen molar-refractivity contribution < 1.29 is 0 Å². The van der Waals surface area contributed by atoms with Crippen LogP contribution in [0.1, 0.15) is 5.56 Å². The van der Waals surface area contributed by atoms with Gasteiger partial charge in [-0.05, 0) is 0 Å². The zero-order valence-electron chi connectivity index (χ0n) is 29.1. The number of hydrogen-bond donors (Lipinski definition) is 0. The van der Waals surface area contributed by atoms with Crippen LogP contribution in [-0.4, -0.2) is 14.5 Å². The van der Waals surface area contributed by atoms with Crippen molar-refractivity contribution in [2.45, 2.75) is 6.92 Å². The van der Waals surface area contributed by atoms with Crippen LogP contribution in [0.4, 0.5) is 0 Å². The van der Waals surface area contributed by atoms with E-state index in [-0.39, 0.29) is 14.5 Å². The van der Waals surface area contributed by atoms with E-state index in [0.717, 1.165) is 0 Å². The normalized spacial score (nSPS) is 11.9. The topological polar surface area (TPSA) is 0 Å². The van der Waals surface area contributed by atoms with E-state index in [0.29, 0.717) is 0 Å². The van der Waals surface area contributed by atoms with E-state index in [1.807, 2.05) is 0 Å². The zero-order valence-corrected chi connectivity index (χ0v) is 31.6. The summed E-state index contributed by atoms with van der Waals surface area (Å²) in [7, 11) is 0. The van der Waals surface area contributed by atoms with Crippen molar-refractivity contribution in [3.05, 3.63) is 180 Å². The first-order chi connectivity index (χ1) is 26.2. The van der Waals surface area contributed by atoms with Crippen LogP contribution in [0.3, 0.4) is 0 Å². The van der Waals surface area contributed by atoms with Gasteiger partial charge in [0, 0.05) is 0 Å². The van der Waals surface area contributed by atoms with Crippen molar-refractivity contribution in [2.24, 2.45) is 0 Å². The van der Waals surface area contributed by atoms with Crippen LogP contribution in [0, 0.1) is 6.92 Å². The van der Waals surface area contributed by atoms with Crippen molar-refractivity contribution in [1.82, 2.24) is 0 Å². The maximum absolute atomic E-state index is 2.51. The van der Waals surface area contributed by atoms with Gasteiger partial charge in [-0.2, -0.15) is 0 Å². The molecule has 0 aliphatic rings. The predicted octanol–water partition coefficient (Wildman–Crippen LogP) is 14.7. The summed E-state index contributed by atoms with van der Waals surface area (Å²) in [4.78, 5) is 0. The molecule has 2 aromatic heterocycles. The van der Waals surface area contributed by atoms with Crippen LogP contribution in [0.25, 0.3) is 107 Å². The molecule has 0 N–H and O–H groups in total. The Bertz CT molecular complexity index is 3120. The molecule has 0 aliphatic heterocycles. The molecule has 0 spiro atoms. The monoisotopic (exact) mass is 756 g/mol. The molecule has 0 unspecified atom stereocenters. The molecule has 53 heavy (non-hydrogen) atoms. The van der Waals surface area contributed by atoms with Crippen LogP contribution in [0.15, 0.2) is 175 Å². The van der Waals surface area contributed by atoms with Gasteiger partial charge >= 0.3 is 320 Å². The van der Waals surface area contributed by atoms with Crippen LogP contribution >= 0.6 is 11.3 Å². The zero-order chi connectivity index (χ0) is 35.0. The first-order valence-corrected chi connectivity index (χ1v) is 20.8. The van der Waals surface area contributed by atoms with Gasteiger partial charge in [0.05, 0.1) is 0 Å². The molecule has 248 valence electrons. The number of thiophene rings is 1. The summed E-state index contributed by atoms with van der Waals surface area (Å²) in [5, 5.41) is 17.8. The van der Waals surface area contributed by atoms with E-state index in [1.165, 1.54) is 112 Å². The molecule has 0 aliphatic carbocycles. The summed E-state index contributed by atoms with van der Waals surface area (Å²) in [6.07, 6.45) is 0. The van der Waals surface area contributed by atoms with Gasteiger partial charge < -0.3 is 0 Å². The van der Waals surface area contributed by atoms with Crippen LogP contribution < -0.4 is 0 Å². The molecule has 0 nitrogen and oxygen atoms in total. The molecule has 0 fully saturated rings. The Hall–Kier alpha value is -5.76. The standard InChI is InChI=1S/C51H32SSe/c1-31-29-52-30-44(31)50-40-22-11-9-20-38(40)49(39-21-10-12-23-41(39)50)42-24-13-25-46-51(42)43-28-33(26-27-45(43)53-46)48-36-18-7-5-16-34(36)47(32-14-3-2-4-15-32)35-17-6-8-19-37(35)48/h2-30H,1H3. The summed E-state index contributed by atoms with van der Waals surface area (Å²) in [5.41, 5.74) is 11.8. The van der Waals surface area contributed by atoms with Crippen LogP contribution in [0.5, 0.6) is 0 Å². The Kier molecular flexibility index (Phi) is 7.07. The first-order valence-electron chi connectivity index (χ1n) is 18.2. The Balaban J connectivity index is 1.23. The Morgan fingerprint density at radius 3 is 1.38 bits per heavy atom. The molecule has 0 amide bonds. The molecule has 0 atom stereocenters. The van der Waals surface area contributed by atoms with Gasteiger partial charge in [0.2, 0.25) is 0 Å². The number of benzene rings is 9. The minimum absolute atomic E-state index is 0.222. The second-order valence-electron chi connectivity index (χ2n) is 14.0. The quantitative estimate of drug-likeness (QED) is 0.124. The van der Waals surface area contributed by atoms with Gasteiger partial charge in [-0.15, -0.1) is 0 Å². The fraction of sp³-hybridized carbons (Fsp3) is 0.0196. The third-order valence-electron chi connectivity index (χ3n) is 11.1. The van der Waals surface area contributed by atoms with Crippen LogP contribution in [0.2, 0.25) is 0 Å². The molecule has 0 bridgehead atoms. The SMILES string of the molecule is Cc1cscc1-c1c2ccccc2c(-c2cccc3[se]c4ccc(-c5c6ccccc6c(-c6ccccc6)c6ccccc56)cc4c23)c2ccccc12. The average Bonchev–Trinajstić information content (AvgIpc) is 3.81. The summed E-state index contributed by atoms with van der Waals surface area (Å²) in [5.74, 6) is 0.